The van der Waals surface area contributed by atoms with E-state index >= 15 is 0 Å². The fourth-order valence-electron chi connectivity index (χ4n) is 11.6. The van der Waals surface area contributed by atoms with Crippen LogP contribution in [0.1, 0.15) is 115 Å². The summed E-state index contributed by atoms with van der Waals surface area (Å²) in [4.78, 5) is 252. The molecule has 1 aliphatic rings. The van der Waals surface area contributed by atoms with Gasteiger partial charge in [-0.3, -0.25) is 97.1 Å². The van der Waals surface area contributed by atoms with Crippen LogP contribution < -0.4 is 108 Å². The number of carboxylic acids is 3. The van der Waals surface area contributed by atoms with Crippen LogP contribution in [0, 0.1) is 10.8 Å². The number of nitrogens with zero attached hydrogens (tertiary/aromatic N) is 1. The first-order valence-electron chi connectivity index (χ1n) is 37.5. The number of guanidine groups is 2. The Labute approximate surface area is 680 Å². The summed E-state index contributed by atoms with van der Waals surface area (Å²) in [5.74, 6) is -22.7. The topological polar surface area (TPSA) is 793 Å². The minimum atomic E-state index is -2.11. The van der Waals surface area contributed by atoms with Crippen LogP contribution in [-0.4, -0.2) is 285 Å². The number of carbonyl (C=O) groups excluding carboxylic acids is 16. The highest BCUT2D eigenvalue weighted by molar-refractivity contribution is 6.01. The predicted molar refractivity (Wildman–Crippen MR) is 415 cm³/mol. The number of likely N-dealkylation sites (tertiary alicyclic amines) is 1. The third kappa shape index (κ3) is 38.6. The number of phenols is 2. The molecule has 16 amide bonds. The molecule has 0 saturated carbocycles. The smallest absolute Gasteiger partial charge is 0.326 e. The fourth-order valence-corrected chi connectivity index (χ4v) is 11.6. The predicted octanol–water partition coefficient (Wildman–Crippen LogP) is -10.4. The average molecular weight is 1680 g/mol. The fraction of sp³-hybridized carbons (Fsp3) is 0.535. The Kier molecular flexibility index (Phi) is 43.0. The van der Waals surface area contributed by atoms with Gasteiger partial charge < -0.3 is 144 Å². The molecule has 12 atom stereocenters. The molecule has 0 aliphatic carbocycles. The molecule has 656 valence electrons. The van der Waals surface area contributed by atoms with Gasteiger partial charge in [0.05, 0.1) is 45.1 Å². The number of carboxylic acid groups (broad SMARTS) is 3. The third-order valence-electron chi connectivity index (χ3n) is 17.6. The molecule has 48 heteroatoms. The van der Waals surface area contributed by atoms with E-state index in [0.29, 0.717) is 24.9 Å². The lowest BCUT2D eigenvalue weighted by molar-refractivity contribution is -0.143. The number of hydrogen-bond donors (Lipinski definition) is 28. The third-order valence-corrected chi connectivity index (χ3v) is 17.6. The van der Waals surface area contributed by atoms with Crippen LogP contribution in [0.4, 0.5) is 0 Å². The van der Waals surface area contributed by atoms with Gasteiger partial charge in [-0.1, -0.05) is 24.3 Å². The first-order valence-corrected chi connectivity index (χ1v) is 37.5. The molecule has 1 aliphatic heterocycles. The quantitative estimate of drug-likeness (QED) is 0.0166. The molecular weight excluding hydrogens is 1570 g/mol. The summed E-state index contributed by atoms with van der Waals surface area (Å²) < 4.78 is 0. The Morgan fingerprint density at radius 3 is 1.37 bits per heavy atom. The number of unbranched alkanes of at least 4 members (excludes halogenated alkanes) is 1. The van der Waals surface area contributed by atoms with Gasteiger partial charge in [0.2, 0.25) is 94.5 Å². The van der Waals surface area contributed by atoms with Crippen LogP contribution in [-0.2, 0) is 104 Å². The summed E-state index contributed by atoms with van der Waals surface area (Å²) >= 11 is 0. The zero-order valence-corrected chi connectivity index (χ0v) is 65.5. The van der Waals surface area contributed by atoms with Gasteiger partial charge in [0.1, 0.15) is 78.0 Å². The number of aliphatic hydroxyl groups excluding tert-OH is 1. The Balaban J connectivity index is 1.79. The molecule has 1 saturated heterocycles. The van der Waals surface area contributed by atoms with Gasteiger partial charge in [0.25, 0.3) is 0 Å². The molecular formula is C71H107N23O25. The number of nitrogens with one attached hydrogen (secondary N) is 18. The molecule has 32 N–H and O–H groups in total. The van der Waals surface area contributed by atoms with Gasteiger partial charge in [-0.15, -0.1) is 0 Å². The molecule has 119 heavy (non-hydrogen) atoms. The summed E-state index contributed by atoms with van der Waals surface area (Å²) in [6.07, 6.45) is -5.23. The van der Waals surface area contributed by atoms with Crippen molar-refractivity contribution in [2.45, 2.75) is 190 Å². The minimum absolute atomic E-state index is 0.0122. The molecule has 2 aromatic rings. The highest BCUT2D eigenvalue weighted by atomic mass is 16.4. The standard InChI is InChI=1S/C71H107N23O25/c1-35(59(108)92-49(69(118)119)28-39-15-19-41(98)20-16-39)84-63(112)44(11-7-25-79-71(76)77)89-64(113)46(27-38-13-17-40(97)18-14-38)91-67(116)58(36(2)95)93-65(114)48(30-57(106)107)88-55(103)34-82-61(110)43(10-6-24-78-70(74)75)90-66(115)50-12-8-26-94(50)68(117)45(21-22-56(104)105)86-54(102)33-83-62(111)47(29-51(73)99)87-53(101)32-80-52(100)31-81-60(109)42(85-37(3)96)9-4-5-23-72/h13-20,35-36,42-50,58,95,97-98H,4-12,21-34,72H2,1-3H3,(H2,73,99)(H,80,100)(H,81,109)(H,82,110)(H,83,111)(H,84,112)(H,85,96)(H,86,102)(H,87,101)(H,88,103)(H,89,113)(H,90,115)(H,91,116)(H,92,108)(H,93,114)(H,104,105)(H,106,107)(H,118,119)(H4,74,75,78)(H4,76,77,79)/t35-,36+,42-,43-,44-,45-,46-,47-,48-,49-,50-,58-/m0/s1. The van der Waals surface area contributed by atoms with Gasteiger partial charge >= 0.3 is 17.9 Å². The Bertz CT molecular complexity index is 3950. The maximum atomic E-state index is 14.4. The van der Waals surface area contributed by atoms with Crippen LogP contribution in [0.25, 0.3) is 0 Å². The summed E-state index contributed by atoms with van der Waals surface area (Å²) in [6, 6.07) is -7.38. The van der Waals surface area contributed by atoms with E-state index in [2.05, 4.69) is 85.1 Å². The van der Waals surface area contributed by atoms with Gasteiger partial charge in [-0.05, 0) is 120 Å². The van der Waals surface area contributed by atoms with Crippen molar-refractivity contribution in [3.05, 3.63) is 59.7 Å². The number of hydrogen-bond acceptors (Lipinski definition) is 25. The van der Waals surface area contributed by atoms with E-state index in [-0.39, 0.29) is 88.1 Å². The normalized spacial score (nSPS) is 14.8. The Hall–Kier alpha value is -13.6. The van der Waals surface area contributed by atoms with Gasteiger partial charge in [-0.25, -0.2) is 4.79 Å². The molecule has 0 bridgehead atoms. The van der Waals surface area contributed by atoms with Crippen molar-refractivity contribution >= 4 is 124 Å². The van der Waals surface area contributed by atoms with Crippen molar-refractivity contribution in [1.29, 1.82) is 10.8 Å². The van der Waals surface area contributed by atoms with Crippen molar-refractivity contribution in [2.24, 2.45) is 22.9 Å². The maximum absolute atomic E-state index is 14.4. The average Bonchev–Trinajstić information content (AvgIpc) is 1.73. The second-order valence-corrected chi connectivity index (χ2v) is 27.5. The number of carbonyl (C=O) groups is 19. The monoisotopic (exact) mass is 1680 g/mol. The molecule has 0 spiro atoms. The lowest BCUT2D eigenvalue weighted by Gasteiger charge is -2.30. The number of rotatable bonds is 53. The number of primary amides is 1. The Morgan fingerprint density at radius 2 is 0.891 bits per heavy atom. The highest BCUT2D eigenvalue weighted by Crippen LogP contribution is 2.21. The first-order chi connectivity index (χ1) is 56.1. The second kappa shape index (κ2) is 51.4. The molecule has 1 heterocycles. The number of amides is 16. The van der Waals surface area contributed by atoms with E-state index in [0.717, 1.165) is 11.8 Å². The van der Waals surface area contributed by atoms with Crippen molar-refractivity contribution < 1.29 is 122 Å². The van der Waals surface area contributed by atoms with Crippen LogP contribution >= 0.6 is 0 Å². The SMILES string of the molecule is CC(=O)N[C@@H](CCCCN)C(=O)NCC(=O)NCC(=O)N[C@@H](CC(N)=O)C(=O)NCC(=O)N[C@@H](CCC(=O)O)C(=O)N1CCC[C@H]1C(=O)N[C@@H](CCCNC(=N)N)C(=O)NCC(=O)N[C@@H](CC(=O)O)C(=O)N[C@H](C(=O)N[C@@H](Cc1ccc(O)cc1)C(=O)N[C@@H](CCCNC(=N)N)C(=O)N[C@@H](C)C(=O)N[C@@H](Cc1ccc(O)cc1)C(=O)O)[C@@H](C)O. The molecule has 2 aromatic carbocycles. The van der Waals surface area contributed by atoms with E-state index in [1.165, 1.54) is 62.4 Å². The van der Waals surface area contributed by atoms with Crippen LogP contribution in [0.15, 0.2) is 48.5 Å². The van der Waals surface area contributed by atoms with Crippen molar-refractivity contribution in [2.75, 3.05) is 52.4 Å². The largest absolute Gasteiger partial charge is 0.508 e. The van der Waals surface area contributed by atoms with Crippen LogP contribution in [0.5, 0.6) is 11.5 Å². The summed E-state index contributed by atoms with van der Waals surface area (Å²) in [6.45, 7) is -0.0461. The number of aliphatic hydroxyl groups is 1. The molecule has 1 fully saturated rings. The number of benzene rings is 2. The molecule has 48 nitrogen and oxygen atoms in total. The van der Waals surface area contributed by atoms with E-state index < -0.39 is 255 Å². The molecule has 0 unspecified atom stereocenters. The van der Waals surface area contributed by atoms with E-state index in [4.69, 9.17) is 33.8 Å². The Morgan fingerprint density at radius 1 is 0.454 bits per heavy atom. The van der Waals surface area contributed by atoms with Crippen molar-refractivity contribution in [3.63, 3.8) is 0 Å². The van der Waals surface area contributed by atoms with Gasteiger partial charge in [-0.2, -0.15) is 0 Å². The number of nitrogens with two attached hydrogens (primary N) is 4. The van der Waals surface area contributed by atoms with Gasteiger partial charge in [0.15, 0.2) is 11.9 Å². The van der Waals surface area contributed by atoms with Crippen LogP contribution in [0.3, 0.4) is 0 Å². The zero-order chi connectivity index (χ0) is 89.2. The van der Waals surface area contributed by atoms with E-state index in [9.17, 15) is 122 Å². The maximum Gasteiger partial charge on any atom is 0.326 e. The number of aliphatic carboxylic acids is 3. The van der Waals surface area contributed by atoms with Gasteiger partial charge in [0, 0.05) is 45.8 Å². The van der Waals surface area contributed by atoms with Crippen LogP contribution in [0.2, 0.25) is 0 Å². The van der Waals surface area contributed by atoms with E-state index in [1.54, 1.807) is 0 Å². The lowest BCUT2D eigenvalue weighted by atomic mass is 10.0. The molecule has 0 aromatic heterocycles. The minimum Gasteiger partial charge on any atom is -0.508 e. The first kappa shape index (κ1) is 99.6. The second-order valence-electron chi connectivity index (χ2n) is 27.5. The van der Waals surface area contributed by atoms with Crippen molar-refractivity contribution in [1.82, 2.24) is 90.0 Å². The highest BCUT2D eigenvalue weighted by Gasteiger charge is 2.41. The lowest BCUT2D eigenvalue weighted by Crippen LogP contribution is -2.61. The molecule has 3 rings (SSSR count). The van der Waals surface area contributed by atoms with Crippen molar-refractivity contribution in [3.8, 4) is 11.5 Å². The zero-order valence-electron chi connectivity index (χ0n) is 65.5. The number of aromatic hydroxyl groups is 2. The summed E-state index contributed by atoms with van der Waals surface area (Å²) in [7, 11) is 0. The summed E-state index contributed by atoms with van der Waals surface area (Å²) in [5.41, 5.74) is 22.3. The molecule has 0 radical (unpaired) electrons. The number of phenolic OH excluding ortho intramolecular Hbond substituents is 2. The van der Waals surface area contributed by atoms with E-state index in [1.807, 2.05) is 0 Å². The summed E-state index contributed by atoms with van der Waals surface area (Å²) in [5, 5.41) is 112.